The molecule has 0 spiro atoms. The fourth-order valence-corrected chi connectivity index (χ4v) is 3.81. The third-order valence-corrected chi connectivity index (χ3v) is 5.60. The summed E-state index contributed by atoms with van der Waals surface area (Å²) in [5.74, 6) is 0.166. The number of anilines is 1. The normalized spacial score (nSPS) is 11.5. The Morgan fingerprint density at radius 1 is 0.844 bits per heavy atom. The van der Waals surface area contributed by atoms with E-state index in [1.807, 2.05) is 89.6 Å². The Hall–Kier alpha value is -3.66. The summed E-state index contributed by atoms with van der Waals surface area (Å²) < 4.78 is 1.85. The molecule has 0 fully saturated rings. The molecule has 4 nitrogen and oxygen atoms in total. The number of para-hydroxylation sites is 1. The fraction of sp³-hybridized carbons (Fsp3) is 0.214. The molecule has 0 radical (unpaired) electrons. The van der Waals surface area contributed by atoms with Crippen molar-refractivity contribution in [2.45, 2.75) is 39.0 Å². The number of hydrogen-bond acceptors (Lipinski definition) is 2. The summed E-state index contributed by atoms with van der Waals surface area (Å²) in [7, 11) is 0. The second kappa shape index (κ2) is 8.83. The lowest BCUT2D eigenvalue weighted by atomic mass is 9.90. The van der Waals surface area contributed by atoms with E-state index in [1.165, 1.54) is 0 Å². The number of carbonyl (C=O) groups is 1. The lowest BCUT2D eigenvalue weighted by molar-refractivity contribution is -0.116. The van der Waals surface area contributed by atoms with E-state index < -0.39 is 5.92 Å². The van der Waals surface area contributed by atoms with E-state index in [-0.39, 0.29) is 11.3 Å². The number of aromatic nitrogens is 2. The summed E-state index contributed by atoms with van der Waals surface area (Å²) in [6, 6.07) is 29.8. The zero-order valence-corrected chi connectivity index (χ0v) is 19.0. The van der Waals surface area contributed by atoms with Gasteiger partial charge in [-0.15, -0.1) is 0 Å². The first kappa shape index (κ1) is 21.6. The van der Waals surface area contributed by atoms with Crippen LogP contribution in [0.15, 0.2) is 91.0 Å². The summed E-state index contributed by atoms with van der Waals surface area (Å²) in [6.07, 6.45) is 0. The van der Waals surface area contributed by atoms with Crippen LogP contribution in [0.3, 0.4) is 0 Å². The highest BCUT2D eigenvalue weighted by atomic mass is 16.2. The molecule has 0 aliphatic heterocycles. The molecule has 0 unspecified atom stereocenters. The quantitative estimate of drug-likeness (QED) is 0.412. The average Bonchev–Trinajstić information content (AvgIpc) is 3.20. The van der Waals surface area contributed by atoms with Crippen LogP contribution >= 0.6 is 0 Å². The van der Waals surface area contributed by atoms with Gasteiger partial charge in [-0.3, -0.25) is 4.79 Å². The Bertz CT molecular complexity index is 1160. The molecule has 0 saturated heterocycles. The Balaban J connectivity index is 1.77. The Morgan fingerprint density at radius 2 is 1.38 bits per heavy atom. The van der Waals surface area contributed by atoms with E-state index in [4.69, 9.17) is 5.10 Å². The van der Waals surface area contributed by atoms with Gasteiger partial charge in [0, 0.05) is 11.5 Å². The predicted octanol–water partition coefficient (Wildman–Crippen LogP) is 6.25. The Labute approximate surface area is 189 Å². The van der Waals surface area contributed by atoms with Crippen LogP contribution in [0.25, 0.3) is 5.69 Å². The number of nitrogens with zero attached hydrogens (tertiary/aromatic N) is 2. The molecule has 0 aliphatic rings. The van der Waals surface area contributed by atoms with Crippen LogP contribution in [0.1, 0.15) is 49.1 Å². The molecule has 32 heavy (non-hydrogen) atoms. The molecule has 1 aromatic heterocycles. The van der Waals surface area contributed by atoms with Crippen molar-refractivity contribution in [2.24, 2.45) is 0 Å². The highest BCUT2D eigenvalue weighted by molar-refractivity contribution is 5.97. The number of nitrogens with one attached hydrogen (secondary N) is 1. The second-order valence-electron chi connectivity index (χ2n) is 9.11. The summed E-state index contributed by atoms with van der Waals surface area (Å²) >= 11 is 0. The second-order valence-corrected chi connectivity index (χ2v) is 9.11. The highest BCUT2D eigenvalue weighted by Gasteiger charge is 2.26. The lowest BCUT2D eigenvalue weighted by Crippen LogP contribution is -2.23. The van der Waals surface area contributed by atoms with Gasteiger partial charge in [0.05, 0.1) is 17.3 Å². The van der Waals surface area contributed by atoms with Gasteiger partial charge in [-0.25, -0.2) is 4.68 Å². The van der Waals surface area contributed by atoms with Gasteiger partial charge in [0.2, 0.25) is 5.91 Å². The van der Waals surface area contributed by atoms with Crippen molar-refractivity contribution >= 4 is 11.7 Å². The molecule has 4 rings (SSSR count). The minimum atomic E-state index is -0.421. The van der Waals surface area contributed by atoms with E-state index in [9.17, 15) is 4.79 Å². The fourth-order valence-electron chi connectivity index (χ4n) is 3.81. The SMILES string of the molecule is Cc1ccccc1-n1nc(C(C)(C)C)cc1NC(=O)C(c1ccccc1)c1ccccc1. The smallest absolute Gasteiger partial charge is 0.237 e. The number of amides is 1. The van der Waals surface area contributed by atoms with Crippen LogP contribution in [0.5, 0.6) is 0 Å². The zero-order chi connectivity index (χ0) is 22.7. The number of benzene rings is 3. The van der Waals surface area contributed by atoms with Crippen molar-refractivity contribution in [3.8, 4) is 5.69 Å². The number of hydrogen-bond donors (Lipinski definition) is 1. The van der Waals surface area contributed by atoms with E-state index in [0.717, 1.165) is 28.1 Å². The maximum absolute atomic E-state index is 13.7. The lowest BCUT2D eigenvalue weighted by Gasteiger charge is -2.18. The van der Waals surface area contributed by atoms with Gasteiger partial charge in [0.15, 0.2) is 0 Å². The molecule has 0 bridgehead atoms. The first-order valence-corrected chi connectivity index (χ1v) is 10.9. The van der Waals surface area contributed by atoms with Gasteiger partial charge in [0.1, 0.15) is 5.82 Å². The van der Waals surface area contributed by atoms with Crippen LogP contribution in [0, 0.1) is 6.92 Å². The van der Waals surface area contributed by atoms with Gasteiger partial charge in [0.25, 0.3) is 0 Å². The molecule has 3 aromatic carbocycles. The van der Waals surface area contributed by atoms with Gasteiger partial charge < -0.3 is 5.32 Å². The van der Waals surface area contributed by atoms with Crippen molar-refractivity contribution in [2.75, 3.05) is 5.32 Å². The summed E-state index contributed by atoms with van der Waals surface area (Å²) in [6.45, 7) is 8.43. The molecule has 1 N–H and O–H groups in total. The largest absolute Gasteiger partial charge is 0.310 e. The standard InChI is InChI=1S/C28H29N3O/c1-20-13-11-12-18-23(20)31-25(19-24(30-31)28(2,3)4)29-27(32)26(21-14-7-5-8-15-21)22-16-9-6-10-17-22/h5-19,26H,1-4H3,(H,29,32). The van der Waals surface area contributed by atoms with Gasteiger partial charge in [-0.1, -0.05) is 99.6 Å². The van der Waals surface area contributed by atoms with Crippen LogP contribution in [0.4, 0.5) is 5.82 Å². The Morgan fingerprint density at radius 3 is 1.91 bits per heavy atom. The molecular formula is C28H29N3O. The number of rotatable bonds is 5. The first-order valence-electron chi connectivity index (χ1n) is 10.9. The minimum Gasteiger partial charge on any atom is -0.310 e. The van der Waals surface area contributed by atoms with E-state index in [2.05, 4.69) is 39.1 Å². The van der Waals surface area contributed by atoms with Gasteiger partial charge >= 0.3 is 0 Å². The van der Waals surface area contributed by atoms with Crippen LogP contribution in [-0.2, 0) is 10.2 Å². The molecule has 1 heterocycles. The van der Waals surface area contributed by atoms with E-state index >= 15 is 0 Å². The minimum absolute atomic E-state index is 0.0856. The van der Waals surface area contributed by atoms with Crippen molar-refractivity contribution in [3.63, 3.8) is 0 Å². The maximum Gasteiger partial charge on any atom is 0.237 e. The van der Waals surface area contributed by atoms with E-state index in [0.29, 0.717) is 5.82 Å². The van der Waals surface area contributed by atoms with E-state index in [1.54, 1.807) is 0 Å². The summed E-state index contributed by atoms with van der Waals surface area (Å²) in [4.78, 5) is 13.7. The molecule has 4 aromatic rings. The number of aryl methyl sites for hydroxylation is 1. The van der Waals surface area contributed by atoms with Gasteiger partial charge in [-0.2, -0.15) is 5.10 Å². The topological polar surface area (TPSA) is 46.9 Å². The molecule has 4 heteroatoms. The monoisotopic (exact) mass is 423 g/mol. The number of carbonyl (C=O) groups excluding carboxylic acids is 1. The van der Waals surface area contributed by atoms with Crippen molar-refractivity contribution in [1.29, 1.82) is 0 Å². The molecule has 162 valence electrons. The van der Waals surface area contributed by atoms with Crippen molar-refractivity contribution < 1.29 is 4.79 Å². The molecule has 0 aliphatic carbocycles. The van der Waals surface area contributed by atoms with Gasteiger partial charge in [-0.05, 0) is 29.7 Å². The highest BCUT2D eigenvalue weighted by Crippen LogP contribution is 2.30. The predicted molar refractivity (Wildman–Crippen MR) is 130 cm³/mol. The molecule has 0 saturated carbocycles. The Kier molecular flexibility index (Phi) is 5.95. The van der Waals surface area contributed by atoms with Crippen LogP contribution in [-0.4, -0.2) is 15.7 Å². The van der Waals surface area contributed by atoms with Crippen LogP contribution < -0.4 is 5.32 Å². The van der Waals surface area contributed by atoms with Crippen molar-refractivity contribution in [1.82, 2.24) is 9.78 Å². The molecular weight excluding hydrogens is 394 g/mol. The third-order valence-electron chi connectivity index (χ3n) is 5.60. The third kappa shape index (κ3) is 4.50. The summed E-state index contributed by atoms with van der Waals surface area (Å²) in [5.41, 5.74) is 4.73. The molecule has 1 amide bonds. The zero-order valence-electron chi connectivity index (χ0n) is 19.0. The average molecular weight is 424 g/mol. The van der Waals surface area contributed by atoms with Crippen LogP contribution in [0.2, 0.25) is 0 Å². The summed E-state index contributed by atoms with van der Waals surface area (Å²) in [5, 5.41) is 8.06. The van der Waals surface area contributed by atoms with Crippen molar-refractivity contribution in [3.05, 3.63) is 113 Å². The molecule has 0 atom stereocenters. The first-order chi connectivity index (χ1) is 15.3. The maximum atomic E-state index is 13.7.